The molecule has 0 fully saturated rings. The fraction of sp³-hybridized carbons (Fsp3) is 0.333. The van der Waals surface area contributed by atoms with E-state index in [4.69, 9.17) is 0 Å². The number of benzene rings is 2. The van der Waals surface area contributed by atoms with Crippen LogP contribution in [0.4, 0.5) is 0 Å². The van der Waals surface area contributed by atoms with Crippen LogP contribution < -0.4 is 10.6 Å². The monoisotopic (exact) mass is 302 g/mol. The first kappa shape index (κ1) is 15.7. The highest BCUT2D eigenvalue weighted by atomic mass is 31.1. The lowest BCUT2D eigenvalue weighted by Crippen LogP contribution is -2.09. The van der Waals surface area contributed by atoms with Crippen LogP contribution in [0.2, 0.25) is 0 Å². The highest BCUT2D eigenvalue weighted by Gasteiger charge is 2.09. The summed E-state index contributed by atoms with van der Waals surface area (Å²) in [6, 6.07) is 17.8. The van der Waals surface area contributed by atoms with E-state index in [1.807, 2.05) is 0 Å². The molecule has 0 spiro atoms. The summed E-state index contributed by atoms with van der Waals surface area (Å²) in [5, 5.41) is 3.86. The Labute approximate surface area is 127 Å². The van der Waals surface area contributed by atoms with Gasteiger partial charge in [-0.05, 0) is 40.0 Å². The van der Waals surface area contributed by atoms with Crippen molar-refractivity contribution >= 4 is 27.8 Å². The predicted molar refractivity (Wildman–Crippen MR) is 97.0 cm³/mol. The van der Waals surface area contributed by atoms with E-state index < -0.39 is 0 Å². The van der Waals surface area contributed by atoms with Gasteiger partial charge in [-0.3, -0.25) is 0 Å². The molecule has 0 saturated carbocycles. The van der Waals surface area contributed by atoms with Crippen LogP contribution >= 0.6 is 17.2 Å². The Morgan fingerprint density at radius 3 is 1.55 bits per heavy atom. The van der Waals surface area contributed by atoms with Crippen molar-refractivity contribution in [2.45, 2.75) is 39.0 Å². The average molecular weight is 302 g/mol. The molecule has 0 saturated heterocycles. The zero-order valence-electron chi connectivity index (χ0n) is 12.6. The molecule has 0 heterocycles. The molecule has 2 rings (SSSR count). The number of hydrogen-bond acceptors (Lipinski definition) is 0. The van der Waals surface area contributed by atoms with Crippen molar-refractivity contribution in [2.24, 2.45) is 0 Å². The van der Waals surface area contributed by atoms with Gasteiger partial charge in [-0.2, -0.15) is 0 Å². The Hall–Kier alpha value is -0.700. The zero-order valence-corrected chi connectivity index (χ0v) is 14.6. The van der Waals surface area contributed by atoms with E-state index in [0.717, 1.165) is 35.4 Å². The summed E-state index contributed by atoms with van der Waals surface area (Å²) in [5.41, 5.74) is 3.04. The third kappa shape index (κ3) is 4.15. The van der Waals surface area contributed by atoms with Crippen molar-refractivity contribution in [1.29, 1.82) is 0 Å². The van der Waals surface area contributed by atoms with E-state index in [1.54, 1.807) is 10.6 Å². The van der Waals surface area contributed by atoms with E-state index in [2.05, 4.69) is 69.3 Å². The average Bonchev–Trinajstić information content (AvgIpc) is 2.48. The lowest BCUT2D eigenvalue weighted by Gasteiger charge is -2.16. The number of aryl methyl sites for hydroxylation is 2. The lowest BCUT2D eigenvalue weighted by atomic mass is 10.2. The highest BCUT2D eigenvalue weighted by molar-refractivity contribution is 7.65. The van der Waals surface area contributed by atoms with Crippen molar-refractivity contribution < 1.29 is 0 Å². The minimum atomic E-state index is 0.746. The molecule has 2 aromatic rings. The third-order valence-corrected chi connectivity index (χ3v) is 6.87. The molecule has 0 bridgehead atoms. The van der Waals surface area contributed by atoms with Crippen molar-refractivity contribution in [3.63, 3.8) is 0 Å². The molecule has 0 aliphatic carbocycles. The molecule has 0 radical (unpaired) electrons. The van der Waals surface area contributed by atoms with E-state index in [0.29, 0.717) is 0 Å². The summed E-state index contributed by atoms with van der Waals surface area (Å²) in [4.78, 5) is 0. The van der Waals surface area contributed by atoms with Crippen LogP contribution in [0, 0.1) is 0 Å². The van der Waals surface area contributed by atoms with E-state index in [9.17, 15) is 0 Å². The van der Waals surface area contributed by atoms with Crippen LogP contribution in [-0.2, 0) is 12.8 Å². The first-order valence-electron chi connectivity index (χ1n) is 7.43. The summed E-state index contributed by atoms with van der Waals surface area (Å²) < 4.78 is 0. The van der Waals surface area contributed by atoms with Gasteiger partial charge in [0.2, 0.25) is 0 Å². The van der Waals surface area contributed by atoms with Gasteiger partial charge in [0.15, 0.2) is 0 Å². The van der Waals surface area contributed by atoms with Crippen molar-refractivity contribution in [1.82, 2.24) is 0 Å². The van der Waals surface area contributed by atoms with Gasteiger partial charge < -0.3 is 0 Å². The molecule has 20 heavy (non-hydrogen) atoms. The predicted octanol–water partition coefficient (Wildman–Crippen LogP) is 4.47. The minimum Gasteiger partial charge on any atom is -0.0827 e. The zero-order chi connectivity index (χ0) is 14.4. The van der Waals surface area contributed by atoms with Gasteiger partial charge >= 0.3 is 0 Å². The van der Waals surface area contributed by atoms with Gasteiger partial charge in [-0.15, -0.1) is 0 Å². The second-order valence-electron chi connectivity index (χ2n) is 5.03. The molecule has 0 nitrogen and oxygen atoms in total. The molecule has 0 amide bonds. The van der Waals surface area contributed by atoms with Gasteiger partial charge in [0.05, 0.1) is 0 Å². The Balaban J connectivity index is 2.07. The fourth-order valence-electron chi connectivity index (χ4n) is 2.44. The second kappa shape index (κ2) is 7.92. The van der Waals surface area contributed by atoms with Crippen molar-refractivity contribution in [3.05, 3.63) is 59.7 Å². The molecule has 2 aromatic carbocycles. The van der Waals surface area contributed by atoms with E-state index in [1.165, 1.54) is 11.1 Å². The Morgan fingerprint density at radius 2 is 1.15 bits per heavy atom. The topological polar surface area (TPSA) is 0 Å². The van der Waals surface area contributed by atoms with Gasteiger partial charge in [0, 0.05) is 0 Å². The van der Waals surface area contributed by atoms with E-state index in [-0.39, 0.29) is 0 Å². The van der Waals surface area contributed by atoms with Crippen molar-refractivity contribution in [2.75, 3.05) is 0 Å². The standard InChI is InChI=1S/C18H24P2/c1-4-15-10-6-8-12-17(15)19-14(3)20-18-13-9-7-11-16(18)5-2/h6-14,19-20H,4-5H2,1-3H3. The molecular formula is C18H24P2. The number of rotatable bonds is 6. The smallest absolute Gasteiger partial charge is 0.000829 e. The minimum absolute atomic E-state index is 0.746. The van der Waals surface area contributed by atoms with Crippen LogP contribution in [0.5, 0.6) is 0 Å². The maximum atomic E-state index is 2.40. The van der Waals surface area contributed by atoms with Crippen molar-refractivity contribution in [3.8, 4) is 0 Å². The van der Waals surface area contributed by atoms with Gasteiger partial charge in [0.1, 0.15) is 0 Å². The third-order valence-electron chi connectivity index (χ3n) is 3.54. The summed E-state index contributed by atoms with van der Waals surface area (Å²) >= 11 is 0. The maximum Gasteiger partial charge on any atom is -0.000829 e. The summed E-state index contributed by atoms with van der Waals surface area (Å²) in [7, 11) is 1.84. The second-order valence-corrected chi connectivity index (χ2v) is 9.00. The molecule has 106 valence electrons. The highest BCUT2D eigenvalue weighted by Crippen LogP contribution is 2.34. The van der Waals surface area contributed by atoms with Gasteiger partial charge in [0.25, 0.3) is 0 Å². The fourth-order valence-corrected chi connectivity index (χ4v) is 5.87. The Bertz CT molecular complexity index is 499. The van der Waals surface area contributed by atoms with Crippen LogP contribution in [0.25, 0.3) is 0 Å². The van der Waals surface area contributed by atoms with Crippen LogP contribution in [0.1, 0.15) is 31.9 Å². The maximum absolute atomic E-state index is 2.40. The largest absolute Gasteiger partial charge is 0.0827 e. The molecule has 2 unspecified atom stereocenters. The number of hydrogen-bond donors (Lipinski definition) is 0. The summed E-state index contributed by atoms with van der Waals surface area (Å²) in [6.07, 6.45) is 2.29. The normalized spacial score (nSPS) is 13.6. The van der Waals surface area contributed by atoms with E-state index >= 15 is 0 Å². The molecule has 2 heteroatoms. The Morgan fingerprint density at radius 1 is 0.750 bits per heavy atom. The lowest BCUT2D eigenvalue weighted by molar-refractivity contribution is 1.15. The first-order valence-corrected chi connectivity index (χ1v) is 9.59. The van der Waals surface area contributed by atoms with Crippen LogP contribution in [0.3, 0.4) is 0 Å². The SMILES string of the molecule is CCc1ccccc1PC(C)Pc1ccccc1CC. The quantitative estimate of drug-likeness (QED) is 0.691. The molecule has 0 N–H and O–H groups in total. The Kier molecular flexibility index (Phi) is 6.21. The summed E-state index contributed by atoms with van der Waals surface area (Å²) in [6.45, 7) is 6.90. The molecule has 0 aromatic heterocycles. The first-order chi connectivity index (χ1) is 9.74. The molecule has 0 aliphatic rings. The molecule has 0 aliphatic heterocycles. The van der Waals surface area contributed by atoms with Crippen LogP contribution in [-0.4, -0.2) is 5.40 Å². The summed E-state index contributed by atoms with van der Waals surface area (Å²) in [5.74, 6) is 0. The molecular weight excluding hydrogens is 278 g/mol. The van der Waals surface area contributed by atoms with Crippen LogP contribution in [0.15, 0.2) is 48.5 Å². The van der Waals surface area contributed by atoms with Gasteiger partial charge in [-0.1, -0.05) is 86.5 Å². The van der Waals surface area contributed by atoms with Gasteiger partial charge in [-0.25, -0.2) is 0 Å². The molecule has 2 atom stereocenters.